The molecule has 1 N–H and O–H groups in total. The lowest BCUT2D eigenvalue weighted by molar-refractivity contribution is -0.137. The molecule has 0 radical (unpaired) electrons. The summed E-state index contributed by atoms with van der Waals surface area (Å²) in [6.07, 6.45) is -3.24. The predicted molar refractivity (Wildman–Crippen MR) is 93.7 cm³/mol. The van der Waals surface area contributed by atoms with Crippen molar-refractivity contribution in [1.29, 1.82) is 0 Å². The van der Waals surface area contributed by atoms with Gasteiger partial charge in [-0.2, -0.15) is 22.0 Å². The van der Waals surface area contributed by atoms with Crippen molar-refractivity contribution in [3.05, 3.63) is 52.6 Å². The summed E-state index contributed by atoms with van der Waals surface area (Å²) in [5.74, 6) is -10.9. The fourth-order valence-corrected chi connectivity index (χ4v) is 3.22. The van der Waals surface area contributed by atoms with Crippen LogP contribution in [-0.4, -0.2) is 26.1 Å². The summed E-state index contributed by atoms with van der Waals surface area (Å²) >= 11 is 0. The lowest BCUT2D eigenvalue weighted by Crippen LogP contribution is -2.23. The zero-order valence-corrected chi connectivity index (χ0v) is 15.5. The van der Waals surface area contributed by atoms with Crippen LogP contribution in [0.2, 0.25) is 0 Å². The molecule has 11 heteroatoms. The number of hydrogen-bond donors (Lipinski definition) is 1. The van der Waals surface area contributed by atoms with E-state index in [2.05, 4.69) is 4.74 Å². The van der Waals surface area contributed by atoms with E-state index in [0.717, 1.165) is 32.1 Å². The molecule has 3 rings (SSSR count). The van der Waals surface area contributed by atoms with E-state index in [-0.39, 0.29) is 5.69 Å². The molecule has 0 spiro atoms. The molecular formula is C19H15F7N2O2. The predicted octanol–water partition coefficient (Wildman–Crippen LogP) is 5.12. The van der Waals surface area contributed by atoms with Gasteiger partial charge >= 0.3 is 6.18 Å². The largest absolute Gasteiger partial charge is 0.491 e. The lowest BCUT2D eigenvalue weighted by atomic mass is 10.1. The van der Waals surface area contributed by atoms with Crippen molar-refractivity contribution in [2.75, 3.05) is 30.4 Å². The zero-order valence-electron chi connectivity index (χ0n) is 15.5. The van der Waals surface area contributed by atoms with Crippen LogP contribution in [-0.2, 0) is 6.18 Å². The molecule has 1 saturated heterocycles. The number of hydrogen-bond acceptors (Lipinski definition) is 3. The third-order valence-electron chi connectivity index (χ3n) is 4.67. The van der Waals surface area contributed by atoms with Crippen LogP contribution in [0.15, 0.2) is 18.2 Å². The smallest absolute Gasteiger partial charge is 0.416 e. The van der Waals surface area contributed by atoms with Crippen molar-refractivity contribution in [3.63, 3.8) is 0 Å². The molecule has 2 aromatic carbocycles. The summed E-state index contributed by atoms with van der Waals surface area (Å²) in [6.45, 7) is 0.978. The van der Waals surface area contributed by atoms with Crippen LogP contribution < -0.4 is 15.0 Å². The minimum absolute atomic E-state index is 0.184. The second-order valence-corrected chi connectivity index (χ2v) is 6.54. The minimum atomic E-state index is -4.75. The van der Waals surface area contributed by atoms with E-state index in [9.17, 15) is 35.5 Å². The number of anilines is 2. The van der Waals surface area contributed by atoms with E-state index in [1.54, 1.807) is 4.90 Å². The summed E-state index contributed by atoms with van der Waals surface area (Å²) in [4.78, 5) is 14.1. The number of amides is 1. The van der Waals surface area contributed by atoms with E-state index in [1.807, 2.05) is 5.32 Å². The molecule has 1 heterocycles. The Bertz CT molecular complexity index is 957. The van der Waals surface area contributed by atoms with Gasteiger partial charge in [0.2, 0.25) is 11.6 Å². The maximum Gasteiger partial charge on any atom is 0.416 e. The number of nitrogens with zero attached hydrogens (tertiary/aromatic N) is 1. The molecule has 1 aliphatic rings. The first-order valence-electron chi connectivity index (χ1n) is 8.73. The Hall–Kier alpha value is -2.98. The topological polar surface area (TPSA) is 41.6 Å². The maximum atomic E-state index is 14.2. The van der Waals surface area contributed by atoms with E-state index in [1.165, 1.54) is 0 Å². The number of benzene rings is 2. The van der Waals surface area contributed by atoms with Gasteiger partial charge in [-0.3, -0.25) is 4.79 Å². The second-order valence-electron chi connectivity index (χ2n) is 6.54. The van der Waals surface area contributed by atoms with Gasteiger partial charge in [-0.05, 0) is 31.0 Å². The van der Waals surface area contributed by atoms with Crippen LogP contribution in [0.25, 0.3) is 0 Å². The number of nitrogens with one attached hydrogen (secondary N) is 1. The average molecular weight is 436 g/mol. The molecule has 0 saturated carbocycles. The van der Waals surface area contributed by atoms with Gasteiger partial charge in [0.25, 0.3) is 5.91 Å². The Morgan fingerprint density at radius 3 is 2.07 bits per heavy atom. The van der Waals surface area contributed by atoms with Crippen molar-refractivity contribution < 1.29 is 40.3 Å². The van der Waals surface area contributed by atoms with Crippen LogP contribution in [0.3, 0.4) is 0 Å². The van der Waals surface area contributed by atoms with Gasteiger partial charge in [0.05, 0.1) is 24.0 Å². The van der Waals surface area contributed by atoms with E-state index < -0.39 is 57.9 Å². The zero-order chi connectivity index (χ0) is 22.2. The molecule has 0 aromatic heterocycles. The first-order valence-corrected chi connectivity index (χ1v) is 8.73. The van der Waals surface area contributed by atoms with Crippen molar-refractivity contribution in [2.24, 2.45) is 0 Å². The minimum Gasteiger partial charge on any atom is -0.491 e. The molecule has 30 heavy (non-hydrogen) atoms. The molecule has 1 fully saturated rings. The second kappa shape index (κ2) is 8.04. The third-order valence-corrected chi connectivity index (χ3v) is 4.67. The number of halogens is 7. The fourth-order valence-electron chi connectivity index (χ4n) is 3.22. The Morgan fingerprint density at radius 2 is 1.57 bits per heavy atom. The summed E-state index contributed by atoms with van der Waals surface area (Å²) < 4.78 is 99.7. The number of carbonyl (C=O) groups excluding carboxylic acids is 1. The van der Waals surface area contributed by atoms with E-state index in [0.29, 0.717) is 19.2 Å². The van der Waals surface area contributed by atoms with Gasteiger partial charge < -0.3 is 15.0 Å². The van der Waals surface area contributed by atoms with Crippen molar-refractivity contribution in [3.8, 4) is 5.75 Å². The Balaban J connectivity index is 2.06. The average Bonchev–Trinajstić information content (AvgIpc) is 3.21. The van der Waals surface area contributed by atoms with E-state index >= 15 is 0 Å². The quantitative estimate of drug-likeness (QED) is 0.534. The van der Waals surface area contributed by atoms with Gasteiger partial charge in [0.1, 0.15) is 5.56 Å². The number of ether oxygens (including phenoxy) is 1. The first-order chi connectivity index (χ1) is 14.1. The highest BCUT2D eigenvalue weighted by Crippen LogP contribution is 2.37. The molecule has 162 valence electrons. The monoisotopic (exact) mass is 436 g/mol. The van der Waals surface area contributed by atoms with Gasteiger partial charge in [0.15, 0.2) is 17.4 Å². The summed E-state index contributed by atoms with van der Waals surface area (Å²) in [6, 6.07) is 2.51. The maximum absolute atomic E-state index is 14.2. The highest BCUT2D eigenvalue weighted by molar-refractivity contribution is 6.06. The molecular weight excluding hydrogens is 421 g/mol. The van der Waals surface area contributed by atoms with Crippen LogP contribution in [0, 0.1) is 23.3 Å². The molecule has 2 aromatic rings. The molecule has 0 atom stereocenters. The highest BCUT2D eigenvalue weighted by atomic mass is 19.4. The van der Waals surface area contributed by atoms with Gasteiger partial charge in [0, 0.05) is 13.1 Å². The van der Waals surface area contributed by atoms with Crippen LogP contribution in [0.4, 0.5) is 42.1 Å². The van der Waals surface area contributed by atoms with Crippen LogP contribution in [0.5, 0.6) is 5.75 Å². The van der Waals surface area contributed by atoms with Crippen molar-refractivity contribution >= 4 is 17.3 Å². The fraction of sp³-hybridized carbons (Fsp3) is 0.316. The normalized spacial score (nSPS) is 14.2. The van der Waals surface area contributed by atoms with Gasteiger partial charge in [-0.15, -0.1) is 0 Å². The molecule has 0 aliphatic carbocycles. The van der Waals surface area contributed by atoms with Gasteiger partial charge in [-0.1, -0.05) is 0 Å². The Labute approximate surface area is 166 Å². The van der Waals surface area contributed by atoms with Crippen LogP contribution >= 0.6 is 0 Å². The number of rotatable bonds is 4. The third kappa shape index (κ3) is 3.88. The summed E-state index contributed by atoms with van der Waals surface area (Å²) in [7, 11) is 0.769. The first kappa shape index (κ1) is 21.7. The highest BCUT2D eigenvalue weighted by Gasteiger charge is 2.34. The Morgan fingerprint density at radius 1 is 1.00 bits per heavy atom. The molecule has 4 nitrogen and oxygen atoms in total. The van der Waals surface area contributed by atoms with Crippen LogP contribution in [0.1, 0.15) is 28.8 Å². The number of methoxy groups -OCH3 is 1. The molecule has 0 unspecified atom stereocenters. The standard InChI is InChI=1S/C19H15F7N2O2/c1-30-17-15(22)13(20)12(14(21)16(17)23)18(29)27-10-8-9(19(24,25)26)4-5-11(10)28-6-2-3-7-28/h4-5,8H,2-3,6-7H2,1H3,(H,27,29). The summed E-state index contributed by atoms with van der Waals surface area (Å²) in [5.41, 5.74) is -2.94. The Kier molecular flexibility index (Phi) is 5.82. The SMILES string of the molecule is COc1c(F)c(F)c(C(=O)Nc2cc(C(F)(F)F)ccc2N2CCCC2)c(F)c1F. The van der Waals surface area contributed by atoms with Gasteiger partial charge in [-0.25, -0.2) is 8.78 Å². The van der Waals surface area contributed by atoms with Crippen molar-refractivity contribution in [1.82, 2.24) is 0 Å². The summed E-state index contributed by atoms with van der Waals surface area (Å²) in [5, 5.41) is 1.96. The number of carbonyl (C=O) groups is 1. The van der Waals surface area contributed by atoms with E-state index in [4.69, 9.17) is 0 Å². The molecule has 0 bridgehead atoms. The molecule has 1 aliphatic heterocycles. The molecule has 1 amide bonds. The van der Waals surface area contributed by atoms with Crippen molar-refractivity contribution in [2.45, 2.75) is 19.0 Å². The lowest BCUT2D eigenvalue weighted by Gasteiger charge is -2.23. The number of alkyl halides is 3.